The first-order valence-electron chi connectivity index (χ1n) is 5.44. The molecule has 0 aromatic heterocycles. The summed E-state index contributed by atoms with van der Waals surface area (Å²) in [5, 5.41) is 17.5. The quantitative estimate of drug-likeness (QED) is 0.639. The molecule has 0 aliphatic heterocycles. The van der Waals surface area contributed by atoms with Crippen LogP contribution in [-0.4, -0.2) is 23.4 Å². The van der Waals surface area contributed by atoms with Crippen molar-refractivity contribution in [2.45, 2.75) is 38.5 Å². The standard InChI is InChI=1S/C12H20O2/c13-8-2-6-11-4-1-5-12(10-11)7-3-9-14/h4-5,13-14H,1-3,6-10H2. The summed E-state index contributed by atoms with van der Waals surface area (Å²) in [6.07, 6.45) is 10.4. The van der Waals surface area contributed by atoms with Crippen LogP contribution in [0.3, 0.4) is 0 Å². The van der Waals surface area contributed by atoms with E-state index in [0.29, 0.717) is 0 Å². The maximum Gasteiger partial charge on any atom is 0.0434 e. The number of hydrogen-bond acceptors (Lipinski definition) is 2. The molecule has 1 rings (SSSR count). The monoisotopic (exact) mass is 196 g/mol. The van der Waals surface area contributed by atoms with E-state index in [-0.39, 0.29) is 13.2 Å². The van der Waals surface area contributed by atoms with E-state index < -0.39 is 0 Å². The summed E-state index contributed by atoms with van der Waals surface area (Å²) in [6, 6.07) is 0. The van der Waals surface area contributed by atoms with E-state index >= 15 is 0 Å². The molecule has 0 radical (unpaired) electrons. The fourth-order valence-electron chi connectivity index (χ4n) is 1.82. The van der Waals surface area contributed by atoms with Crippen molar-refractivity contribution in [2.75, 3.05) is 13.2 Å². The Hall–Kier alpha value is -0.600. The molecule has 80 valence electrons. The van der Waals surface area contributed by atoms with Crippen LogP contribution in [0, 0.1) is 0 Å². The third-order valence-corrected chi connectivity index (χ3v) is 2.58. The minimum Gasteiger partial charge on any atom is -0.396 e. The van der Waals surface area contributed by atoms with Gasteiger partial charge in [0.15, 0.2) is 0 Å². The molecule has 2 N–H and O–H groups in total. The van der Waals surface area contributed by atoms with Crippen molar-refractivity contribution in [2.24, 2.45) is 0 Å². The molecule has 0 amide bonds. The minimum absolute atomic E-state index is 0.285. The Balaban J connectivity index is 2.27. The first-order chi connectivity index (χ1) is 6.86. The van der Waals surface area contributed by atoms with Crippen LogP contribution in [0.25, 0.3) is 0 Å². The normalized spacial score (nSPS) is 16.4. The van der Waals surface area contributed by atoms with Crippen LogP contribution in [0.1, 0.15) is 38.5 Å². The summed E-state index contributed by atoms with van der Waals surface area (Å²) in [5.41, 5.74) is 2.91. The van der Waals surface area contributed by atoms with Gasteiger partial charge in [0.25, 0.3) is 0 Å². The average Bonchev–Trinajstić information content (AvgIpc) is 2.24. The third kappa shape index (κ3) is 4.07. The molecule has 0 atom stereocenters. The van der Waals surface area contributed by atoms with Crippen molar-refractivity contribution in [1.29, 1.82) is 0 Å². The van der Waals surface area contributed by atoms with E-state index in [1.54, 1.807) is 0 Å². The average molecular weight is 196 g/mol. The van der Waals surface area contributed by atoms with Crippen molar-refractivity contribution >= 4 is 0 Å². The molecule has 2 nitrogen and oxygen atoms in total. The summed E-state index contributed by atoms with van der Waals surface area (Å²) in [5.74, 6) is 0. The Morgan fingerprint density at radius 2 is 1.43 bits per heavy atom. The third-order valence-electron chi connectivity index (χ3n) is 2.58. The van der Waals surface area contributed by atoms with Crippen LogP contribution >= 0.6 is 0 Å². The van der Waals surface area contributed by atoms with Gasteiger partial charge in [-0.1, -0.05) is 23.3 Å². The molecule has 14 heavy (non-hydrogen) atoms. The molecule has 0 aromatic rings. The second-order valence-electron chi connectivity index (χ2n) is 3.79. The molecule has 0 unspecified atom stereocenters. The van der Waals surface area contributed by atoms with Gasteiger partial charge in [0.05, 0.1) is 0 Å². The van der Waals surface area contributed by atoms with Crippen LogP contribution in [-0.2, 0) is 0 Å². The highest BCUT2D eigenvalue weighted by Gasteiger charge is 2.06. The lowest BCUT2D eigenvalue weighted by atomic mass is 9.92. The van der Waals surface area contributed by atoms with E-state index in [0.717, 1.165) is 38.5 Å². The maximum atomic E-state index is 8.73. The van der Waals surface area contributed by atoms with Crippen LogP contribution in [0.15, 0.2) is 23.3 Å². The molecule has 2 heteroatoms. The lowest BCUT2D eigenvalue weighted by molar-refractivity contribution is 0.286. The second-order valence-corrected chi connectivity index (χ2v) is 3.79. The zero-order valence-electron chi connectivity index (χ0n) is 8.71. The van der Waals surface area contributed by atoms with E-state index in [1.807, 2.05) is 0 Å². The first-order valence-corrected chi connectivity index (χ1v) is 5.44. The lowest BCUT2D eigenvalue weighted by Crippen LogP contribution is -1.97. The van der Waals surface area contributed by atoms with E-state index in [1.165, 1.54) is 11.1 Å². The topological polar surface area (TPSA) is 40.5 Å². The van der Waals surface area contributed by atoms with Gasteiger partial charge in [-0.15, -0.1) is 0 Å². The van der Waals surface area contributed by atoms with Gasteiger partial charge in [0.1, 0.15) is 0 Å². The molecule has 0 saturated carbocycles. The molecular weight excluding hydrogens is 176 g/mol. The van der Waals surface area contributed by atoms with Crippen molar-refractivity contribution in [3.05, 3.63) is 23.3 Å². The summed E-state index contributed by atoms with van der Waals surface area (Å²) in [4.78, 5) is 0. The van der Waals surface area contributed by atoms with Crippen molar-refractivity contribution in [3.8, 4) is 0 Å². The molecule has 0 saturated heterocycles. The number of aliphatic hydroxyl groups is 2. The Labute approximate surface area is 86.0 Å². The van der Waals surface area contributed by atoms with Gasteiger partial charge in [-0.25, -0.2) is 0 Å². The predicted molar refractivity (Wildman–Crippen MR) is 58.0 cm³/mol. The fraction of sp³-hybridized carbons (Fsp3) is 0.667. The molecule has 0 spiro atoms. The molecule has 1 aliphatic carbocycles. The summed E-state index contributed by atoms with van der Waals surface area (Å²) in [7, 11) is 0. The molecule has 0 heterocycles. The molecule has 1 aliphatic rings. The van der Waals surface area contributed by atoms with Crippen molar-refractivity contribution in [1.82, 2.24) is 0 Å². The molecular formula is C12H20O2. The van der Waals surface area contributed by atoms with Crippen LogP contribution in [0.4, 0.5) is 0 Å². The predicted octanol–water partition coefficient (Wildman–Crippen LogP) is 2.18. The highest BCUT2D eigenvalue weighted by Crippen LogP contribution is 2.24. The molecule has 0 aromatic carbocycles. The first kappa shape index (κ1) is 11.5. The van der Waals surface area contributed by atoms with Crippen LogP contribution in [0.5, 0.6) is 0 Å². The van der Waals surface area contributed by atoms with Gasteiger partial charge in [0.2, 0.25) is 0 Å². The van der Waals surface area contributed by atoms with Crippen molar-refractivity contribution < 1.29 is 10.2 Å². The molecule has 0 fully saturated rings. The summed E-state index contributed by atoms with van der Waals surface area (Å²) >= 11 is 0. The molecule has 0 bridgehead atoms. The Morgan fingerprint density at radius 3 is 1.86 bits per heavy atom. The van der Waals surface area contributed by atoms with Gasteiger partial charge in [0, 0.05) is 13.2 Å². The second kappa shape index (κ2) is 6.80. The smallest absolute Gasteiger partial charge is 0.0434 e. The maximum absolute atomic E-state index is 8.73. The number of allylic oxidation sites excluding steroid dienone is 4. The Morgan fingerprint density at radius 1 is 0.929 bits per heavy atom. The van der Waals surface area contributed by atoms with Gasteiger partial charge in [-0.05, 0) is 38.5 Å². The lowest BCUT2D eigenvalue weighted by Gasteiger charge is -2.14. The van der Waals surface area contributed by atoms with Gasteiger partial charge < -0.3 is 10.2 Å². The highest BCUT2D eigenvalue weighted by molar-refractivity contribution is 5.22. The van der Waals surface area contributed by atoms with Crippen LogP contribution < -0.4 is 0 Å². The number of aliphatic hydroxyl groups excluding tert-OH is 2. The summed E-state index contributed by atoms with van der Waals surface area (Å²) < 4.78 is 0. The zero-order chi connectivity index (χ0) is 10.2. The fourth-order valence-corrected chi connectivity index (χ4v) is 1.82. The van der Waals surface area contributed by atoms with Crippen LogP contribution in [0.2, 0.25) is 0 Å². The van der Waals surface area contributed by atoms with Gasteiger partial charge in [-0.3, -0.25) is 0 Å². The number of hydrogen-bond donors (Lipinski definition) is 2. The van der Waals surface area contributed by atoms with Gasteiger partial charge in [-0.2, -0.15) is 0 Å². The largest absolute Gasteiger partial charge is 0.396 e. The Kier molecular flexibility index (Phi) is 5.57. The minimum atomic E-state index is 0.285. The highest BCUT2D eigenvalue weighted by atomic mass is 16.3. The van der Waals surface area contributed by atoms with Crippen molar-refractivity contribution in [3.63, 3.8) is 0 Å². The zero-order valence-corrected chi connectivity index (χ0v) is 8.71. The summed E-state index contributed by atoms with van der Waals surface area (Å²) in [6.45, 7) is 0.569. The Bertz CT molecular complexity index is 194. The van der Waals surface area contributed by atoms with Gasteiger partial charge >= 0.3 is 0 Å². The number of rotatable bonds is 6. The van der Waals surface area contributed by atoms with E-state index in [9.17, 15) is 0 Å². The van der Waals surface area contributed by atoms with E-state index in [4.69, 9.17) is 10.2 Å². The SMILES string of the molecule is OCCCC1=CCC=C(CCCO)C1. The van der Waals surface area contributed by atoms with E-state index in [2.05, 4.69) is 12.2 Å².